The van der Waals surface area contributed by atoms with Crippen molar-refractivity contribution in [3.05, 3.63) is 65.2 Å². The molecule has 6 nitrogen and oxygen atoms in total. The number of carbonyl (C=O) groups is 3. The third kappa shape index (κ3) is 3.37. The van der Waals surface area contributed by atoms with Gasteiger partial charge in [0, 0.05) is 0 Å². The predicted molar refractivity (Wildman–Crippen MR) is 80.0 cm³/mol. The van der Waals surface area contributed by atoms with Gasteiger partial charge in [0.1, 0.15) is 5.75 Å². The van der Waals surface area contributed by atoms with Crippen LogP contribution in [-0.4, -0.2) is 29.5 Å². The first kappa shape index (κ1) is 17.5. The first-order chi connectivity index (χ1) is 12.3. The Hall–Kier alpha value is -3.36. The van der Waals surface area contributed by atoms with E-state index in [2.05, 4.69) is 0 Å². The smallest absolute Gasteiger partial charge is 0.416 e. The van der Waals surface area contributed by atoms with Crippen LogP contribution in [0.1, 0.15) is 26.3 Å². The number of alkyl halides is 3. The maximum Gasteiger partial charge on any atom is 0.416 e. The van der Waals surface area contributed by atoms with Crippen LogP contribution in [0.3, 0.4) is 0 Å². The zero-order valence-electron chi connectivity index (χ0n) is 12.9. The van der Waals surface area contributed by atoms with E-state index in [0.29, 0.717) is 5.06 Å². The minimum atomic E-state index is -4.48. The third-order valence-electron chi connectivity index (χ3n) is 3.49. The van der Waals surface area contributed by atoms with Gasteiger partial charge in [-0.3, -0.25) is 9.59 Å². The molecule has 0 bridgehead atoms. The molecule has 1 aliphatic rings. The van der Waals surface area contributed by atoms with Crippen molar-refractivity contribution in [3.63, 3.8) is 0 Å². The number of hydroxylamine groups is 2. The normalized spacial score (nSPS) is 13.6. The van der Waals surface area contributed by atoms with E-state index in [0.717, 1.165) is 24.3 Å². The summed E-state index contributed by atoms with van der Waals surface area (Å²) >= 11 is 0. The number of fused-ring (bicyclic) bond motifs is 1. The minimum Gasteiger partial charge on any atom is -0.482 e. The standard InChI is InChI=1S/C17H10F3NO5/c18-17(19,20)10-5-7-11(8-6-10)25-9-14(22)26-21-15(23)12-3-1-2-4-13(12)16(21)24/h1-8H,9H2. The van der Waals surface area contributed by atoms with Crippen molar-refractivity contribution < 1.29 is 37.1 Å². The van der Waals surface area contributed by atoms with Gasteiger partial charge in [0.25, 0.3) is 11.8 Å². The molecular weight excluding hydrogens is 355 g/mol. The van der Waals surface area contributed by atoms with Crippen LogP contribution in [0.5, 0.6) is 5.75 Å². The molecule has 0 atom stereocenters. The second-order valence-corrected chi connectivity index (χ2v) is 5.22. The molecule has 1 heterocycles. The van der Waals surface area contributed by atoms with Gasteiger partial charge in [-0.1, -0.05) is 17.2 Å². The third-order valence-corrected chi connectivity index (χ3v) is 3.49. The molecule has 0 fully saturated rings. The maximum absolute atomic E-state index is 12.5. The van der Waals surface area contributed by atoms with Gasteiger partial charge in [-0.05, 0) is 36.4 Å². The van der Waals surface area contributed by atoms with Crippen LogP contribution in [0.15, 0.2) is 48.5 Å². The summed E-state index contributed by atoms with van der Waals surface area (Å²) < 4.78 is 42.4. The van der Waals surface area contributed by atoms with Crippen molar-refractivity contribution in [2.24, 2.45) is 0 Å². The molecule has 0 unspecified atom stereocenters. The molecule has 2 aromatic rings. The van der Waals surface area contributed by atoms with Crippen LogP contribution in [0.2, 0.25) is 0 Å². The van der Waals surface area contributed by atoms with Gasteiger partial charge in [0.15, 0.2) is 6.61 Å². The molecule has 0 saturated carbocycles. The van der Waals surface area contributed by atoms with E-state index in [9.17, 15) is 27.6 Å². The van der Waals surface area contributed by atoms with Gasteiger partial charge in [-0.15, -0.1) is 0 Å². The molecule has 3 rings (SSSR count). The Morgan fingerprint density at radius 3 is 1.96 bits per heavy atom. The summed E-state index contributed by atoms with van der Waals surface area (Å²) in [6.45, 7) is -0.696. The van der Waals surface area contributed by atoms with Gasteiger partial charge in [0.2, 0.25) is 0 Å². The van der Waals surface area contributed by atoms with Gasteiger partial charge >= 0.3 is 12.1 Å². The second kappa shape index (κ2) is 6.51. The zero-order chi connectivity index (χ0) is 18.9. The summed E-state index contributed by atoms with van der Waals surface area (Å²) in [4.78, 5) is 40.5. The zero-order valence-corrected chi connectivity index (χ0v) is 12.9. The fraction of sp³-hybridized carbons (Fsp3) is 0.118. The SMILES string of the molecule is O=C(COc1ccc(C(F)(F)F)cc1)ON1C(=O)c2ccccc2C1=O. The summed E-state index contributed by atoms with van der Waals surface area (Å²) in [5.41, 5.74) is -0.652. The van der Waals surface area contributed by atoms with Gasteiger partial charge in [-0.2, -0.15) is 13.2 Å². The largest absolute Gasteiger partial charge is 0.482 e. The van der Waals surface area contributed by atoms with Crippen molar-refractivity contribution in [2.45, 2.75) is 6.18 Å². The molecule has 0 spiro atoms. The molecule has 1 aliphatic heterocycles. The van der Waals surface area contributed by atoms with Crippen molar-refractivity contribution in [2.75, 3.05) is 6.61 Å². The Balaban J connectivity index is 1.59. The van der Waals surface area contributed by atoms with Gasteiger partial charge in [0.05, 0.1) is 16.7 Å². The highest BCUT2D eigenvalue weighted by Gasteiger charge is 2.38. The summed E-state index contributed by atoms with van der Waals surface area (Å²) in [6.07, 6.45) is -4.48. The number of benzene rings is 2. The highest BCUT2D eigenvalue weighted by atomic mass is 19.4. The Bertz CT molecular complexity index is 842. The van der Waals surface area contributed by atoms with E-state index in [1.807, 2.05) is 0 Å². The summed E-state index contributed by atoms with van der Waals surface area (Å²) in [5.74, 6) is -2.63. The van der Waals surface area contributed by atoms with Crippen molar-refractivity contribution in [1.29, 1.82) is 0 Å². The van der Waals surface area contributed by atoms with E-state index < -0.39 is 36.1 Å². The highest BCUT2D eigenvalue weighted by Crippen LogP contribution is 2.30. The molecule has 0 N–H and O–H groups in total. The van der Waals surface area contributed by atoms with Crippen LogP contribution < -0.4 is 4.74 Å². The molecule has 0 aromatic heterocycles. The number of imide groups is 1. The van der Waals surface area contributed by atoms with Gasteiger partial charge < -0.3 is 9.57 Å². The molecule has 0 saturated heterocycles. The minimum absolute atomic E-state index is 0.00249. The Labute approximate surface area is 144 Å². The first-order valence-electron chi connectivity index (χ1n) is 7.26. The maximum atomic E-state index is 12.5. The summed E-state index contributed by atoms with van der Waals surface area (Å²) in [5, 5.41) is 0.323. The Morgan fingerprint density at radius 2 is 1.46 bits per heavy atom. The predicted octanol–water partition coefficient (Wildman–Crippen LogP) is 2.84. The van der Waals surface area contributed by atoms with Crippen LogP contribution in [0.4, 0.5) is 13.2 Å². The lowest BCUT2D eigenvalue weighted by Crippen LogP contribution is -2.34. The van der Waals surface area contributed by atoms with Gasteiger partial charge in [-0.25, -0.2) is 4.79 Å². The fourth-order valence-corrected chi connectivity index (χ4v) is 2.26. The Kier molecular flexibility index (Phi) is 4.37. The molecule has 9 heteroatoms. The number of ether oxygens (including phenoxy) is 1. The highest BCUT2D eigenvalue weighted by molar-refractivity contribution is 6.20. The van der Waals surface area contributed by atoms with Crippen LogP contribution in [0, 0.1) is 0 Å². The number of hydrogen-bond acceptors (Lipinski definition) is 5. The number of carbonyl (C=O) groups excluding carboxylic acids is 3. The molecule has 2 aromatic carbocycles. The lowest BCUT2D eigenvalue weighted by Gasteiger charge is -2.13. The second-order valence-electron chi connectivity index (χ2n) is 5.22. The topological polar surface area (TPSA) is 72.9 Å². The van der Waals surface area contributed by atoms with E-state index in [1.165, 1.54) is 12.1 Å². The van der Waals surface area contributed by atoms with E-state index in [4.69, 9.17) is 9.57 Å². The Morgan fingerprint density at radius 1 is 0.923 bits per heavy atom. The lowest BCUT2D eigenvalue weighted by molar-refractivity contribution is -0.170. The first-order valence-corrected chi connectivity index (χ1v) is 7.26. The number of amides is 2. The fourth-order valence-electron chi connectivity index (χ4n) is 2.26. The molecule has 0 aliphatic carbocycles. The van der Waals surface area contributed by atoms with E-state index >= 15 is 0 Å². The van der Waals surface area contributed by atoms with Crippen molar-refractivity contribution in [1.82, 2.24) is 5.06 Å². The lowest BCUT2D eigenvalue weighted by atomic mass is 10.1. The summed E-state index contributed by atoms with van der Waals surface area (Å²) in [7, 11) is 0. The number of halogens is 3. The molecular formula is C17H10F3NO5. The van der Waals surface area contributed by atoms with E-state index in [-0.39, 0.29) is 16.9 Å². The number of rotatable bonds is 4. The van der Waals surface area contributed by atoms with Crippen LogP contribution in [-0.2, 0) is 15.8 Å². The van der Waals surface area contributed by atoms with E-state index in [1.54, 1.807) is 12.1 Å². The summed E-state index contributed by atoms with van der Waals surface area (Å²) in [6, 6.07) is 9.63. The van der Waals surface area contributed by atoms with Crippen molar-refractivity contribution in [3.8, 4) is 5.75 Å². The van der Waals surface area contributed by atoms with Crippen LogP contribution in [0.25, 0.3) is 0 Å². The average molecular weight is 365 g/mol. The number of nitrogens with zero attached hydrogens (tertiary/aromatic N) is 1. The molecule has 134 valence electrons. The quantitative estimate of drug-likeness (QED) is 0.779. The molecule has 26 heavy (non-hydrogen) atoms. The van der Waals surface area contributed by atoms with Crippen molar-refractivity contribution >= 4 is 17.8 Å². The van der Waals surface area contributed by atoms with Crippen LogP contribution >= 0.6 is 0 Å². The molecule has 0 radical (unpaired) electrons. The monoisotopic (exact) mass is 365 g/mol. The number of hydrogen-bond donors (Lipinski definition) is 0. The average Bonchev–Trinajstić information content (AvgIpc) is 2.85. The molecule has 2 amide bonds.